The van der Waals surface area contributed by atoms with Gasteiger partial charge in [-0.2, -0.15) is 0 Å². The lowest BCUT2D eigenvalue weighted by Gasteiger charge is -2.35. The van der Waals surface area contributed by atoms with E-state index in [9.17, 15) is 5.11 Å². The summed E-state index contributed by atoms with van der Waals surface area (Å²) in [5.41, 5.74) is 7.06. The second-order valence-corrected chi connectivity index (χ2v) is 5.73. The summed E-state index contributed by atoms with van der Waals surface area (Å²) in [4.78, 5) is 4.51. The molecule has 0 radical (unpaired) electrons. The standard InChI is InChI=1S/C16H25N3O/c17-15(19-14-7-3-1-4-8-14)18-13-16(11-12-20)9-5-2-6-10-16/h1,3-4,7-8,20H,2,5-6,9-13H2,(H3,17,18,19). The summed E-state index contributed by atoms with van der Waals surface area (Å²) in [6.07, 6.45) is 6.90. The third kappa shape index (κ3) is 4.23. The summed E-state index contributed by atoms with van der Waals surface area (Å²) >= 11 is 0. The number of hydrogen-bond acceptors (Lipinski definition) is 2. The van der Waals surface area contributed by atoms with Crippen LogP contribution in [0, 0.1) is 5.41 Å². The number of hydrogen-bond donors (Lipinski definition) is 3. The maximum Gasteiger partial charge on any atom is 0.193 e. The van der Waals surface area contributed by atoms with Crippen molar-refractivity contribution in [1.29, 1.82) is 0 Å². The molecule has 4 heteroatoms. The molecule has 0 aliphatic heterocycles. The number of anilines is 1. The Morgan fingerprint density at radius 3 is 2.55 bits per heavy atom. The van der Waals surface area contributed by atoms with Gasteiger partial charge in [-0.1, -0.05) is 37.5 Å². The van der Waals surface area contributed by atoms with E-state index >= 15 is 0 Å². The molecule has 0 amide bonds. The molecule has 0 heterocycles. The number of guanidine groups is 1. The lowest BCUT2D eigenvalue weighted by Crippen LogP contribution is -2.31. The van der Waals surface area contributed by atoms with Gasteiger partial charge in [-0.3, -0.25) is 4.99 Å². The van der Waals surface area contributed by atoms with E-state index in [1.54, 1.807) is 0 Å². The van der Waals surface area contributed by atoms with Gasteiger partial charge >= 0.3 is 0 Å². The maximum atomic E-state index is 9.29. The predicted molar refractivity (Wildman–Crippen MR) is 83.8 cm³/mol. The van der Waals surface area contributed by atoms with Gasteiger partial charge in [0.2, 0.25) is 0 Å². The highest BCUT2D eigenvalue weighted by Gasteiger charge is 2.31. The van der Waals surface area contributed by atoms with E-state index in [0.717, 1.165) is 24.9 Å². The highest BCUT2D eigenvalue weighted by molar-refractivity contribution is 5.92. The molecule has 4 nitrogen and oxygen atoms in total. The van der Waals surface area contributed by atoms with E-state index < -0.39 is 0 Å². The summed E-state index contributed by atoms with van der Waals surface area (Å²) in [6, 6.07) is 9.82. The van der Waals surface area contributed by atoms with Crippen LogP contribution < -0.4 is 11.1 Å². The molecule has 0 aromatic heterocycles. The topological polar surface area (TPSA) is 70.6 Å². The molecular formula is C16H25N3O. The number of aliphatic imine (C=N–C) groups is 1. The van der Waals surface area contributed by atoms with Crippen LogP contribution in [0.4, 0.5) is 5.69 Å². The summed E-state index contributed by atoms with van der Waals surface area (Å²) in [7, 11) is 0. The van der Waals surface area contributed by atoms with Crippen LogP contribution in [-0.4, -0.2) is 24.2 Å². The van der Waals surface area contributed by atoms with Gasteiger partial charge in [-0.15, -0.1) is 0 Å². The van der Waals surface area contributed by atoms with E-state index in [0.29, 0.717) is 12.5 Å². The molecule has 1 aromatic carbocycles. The van der Waals surface area contributed by atoms with Gasteiger partial charge in [0.1, 0.15) is 0 Å². The summed E-state index contributed by atoms with van der Waals surface area (Å²) in [5.74, 6) is 0.457. The third-order valence-electron chi connectivity index (χ3n) is 4.19. The Kier molecular flexibility index (Phi) is 5.41. The fourth-order valence-corrected chi connectivity index (χ4v) is 2.99. The zero-order valence-electron chi connectivity index (χ0n) is 12.0. The fourth-order valence-electron chi connectivity index (χ4n) is 2.99. The Bertz CT molecular complexity index is 419. The number of nitrogens with zero attached hydrogens (tertiary/aromatic N) is 1. The molecular weight excluding hydrogens is 250 g/mol. The Balaban J connectivity index is 1.94. The van der Waals surface area contributed by atoms with Crippen molar-refractivity contribution in [3.05, 3.63) is 30.3 Å². The molecule has 1 aromatic rings. The van der Waals surface area contributed by atoms with Gasteiger partial charge in [0.05, 0.1) is 0 Å². The smallest absolute Gasteiger partial charge is 0.193 e. The first-order valence-electron chi connectivity index (χ1n) is 7.47. The monoisotopic (exact) mass is 275 g/mol. The first-order valence-corrected chi connectivity index (χ1v) is 7.47. The zero-order valence-corrected chi connectivity index (χ0v) is 12.0. The van der Waals surface area contributed by atoms with Crippen LogP contribution in [0.1, 0.15) is 38.5 Å². The Morgan fingerprint density at radius 2 is 1.90 bits per heavy atom. The van der Waals surface area contributed by atoms with Crippen LogP contribution >= 0.6 is 0 Å². The summed E-state index contributed by atoms with van der Waals surface area (Å²) < 4.78 is 0. The van der Waals surface area contributed by atoms with Crippen LogP contribution in [0.2, 0.25) is 0 Å². The number of aliphatic hydroxyl groups is 1. The first-order chi connectivity index (χ1) is 9.74. The zero-order chi connectivity index (χ0) is 14.3. The van der Waals surface area contributed by atoms with Crippen molar-refractivity contribution in [2.75, 3.05) is 18.5 Å². The van der Waals surface area contributed by atoms with Crippen LogP contribution in [0.15, 0.2) is 35.3 Å². The number of benzene rings is 1. The SMILES string of the molecule is NC(=NCC1(CCO)CCCCC1)Nc1ccccc1. The highest BCUT2D eigenvalue weighted by Crippen LogP contribution is 2.39. The number of nitrogens with one attached hydrogen (secondary N) is 1. The second kappa shape index (κ2) is 7.29. The Labute approximate surface area is 121 Å². The van der Waals surface area contributed by atoms with Crippen LogP contribution in [0.3, 0.4) is 0 Å². The van der Waals surface area contributed by atoms with Crippen LogP contribution in [-0.2, 0) is 0 Å². The van der Waals surface area contributed by atoms with Crippen molar-refractivity contribution in [3.8, 4) is 0 Å². The minimum absolute atomic E-state index is 0.149. The van der Waals surface area contributed by atoms with Crippen molar-refractivity contribution >= 4 is 11.6 Å². The molecule has 2 rings (SSSR count). The minimum atomic E-state index is 0.149. The van der Waals surface area contributed by atoms with E-state index in [1.165, 1.54) is 19.3 Å². The molecule has 0 saturated heterocycles. The van der Waals surface area contributed by atoms with Crippen molar-refractivity contribution in [1.82, 2.24) is 0 Å². The Hall–Kier alpha value is -1.55. The van der Waals surface area contributed by atoms with Crippen molar-refractivity contribution in [3.63, 3.8) is 0 Å². The number of rotatable bonds is 5. The maximum absolute atomic E-state index is 9.29. The van der Waals surface area contributed by atoms with E-state index in [1.807, 2.05) is 30.3 Å². The van der Waals surface area contributed by atoms with Gasteiger partial charge in [0, 0.05) is 18.8 Å². The van der Waals surface area contributed by atoms with Crippen molar-refractivity contribution in [2.45, 2.75) is 38.5 Å². The molecule has 1 saturated carbocycles. The highest BCUT2D eigenvalue weighted by atomic mass is 16.3. The summed E-state index contributed by atoms with van der Waals surface area (Å²) in [5, 5.41) is 12.4. The average molecular weight is 275 g/mol. The average Bonchev–Trinajstić information content (AvgIpc) is 2.48. The molecule has 4 N–H and O–H groups in total. The molecule has 0 bridgehead atoms. The van der Waals surface area contributed by atoms with Gasteiger partial charge < -0.3 is 16.2 Å². The van der Waals surface area contributed by atoms with E-state index in [-0.39, 0.29) is 12.0 Å². The van der Waals surface area contributed by atoms with Crippen LogP contribution in [0.25, 0.3) is 0 Å². The molecule has 1 aliphatic carbocycles. The fraction of sp³-hybridized carbons (Fsp3) is 0.562. The van der Waals surface area contributed by atoms with Crippen LogP contribution in [0.5, 0.6) is 0 Å². The minimum Gasteiger partial charge on any atom is -0.396 e. The molecule has 20 heavy (non-hydrogen) atoms. The quantitative estimate of drug-likeness (QED) is 0.571. The van der Waals surface area contributed by atoms with Gasteiger partial charge in [0.25, 0.3) is 0 Å². The van der Waals surface area contributed by atoms with Gasteiger partial charge in [-0.05, 0) is 36.8 Å². The third-order valence-corrected chi connectivity index (χ3v) is 4.19. The molecule has 1 aliphatic rings. The number of aliphatic hydroxyl groups excluding tert-OH is 1. The molecule has 0 unspecified atom stereocenters. The lowest BCUT2D eigenvalue weighted by molar-refractivity contribution is 0.137. The normalized spacial score (nSPS) is 18.8. The number of nitrogens with two attached hydrogens (primary N) is 1. The molecule has 0 spiro atoms. The predicted octanol–water partition coefficient (Wildman–Crippen LogP) is 2.75. The second-order valence-electron chi connectivity index (χ2n) is 5.73. The lowest BCUT2D eigenvalue weighted by atomic mass is 9.72. The Morgan fingerprint density at radius 1 is 1.20 bits per heavy atom. The van der Waals surface area contributed by atoms with Crippen molar-refractivity contribution < 1.29 is 5.11 Å². The number of para-hydroxylation sites is 1. The first kappa shape index (κ1) is 14.9. The molecule has 110 valence electrons. The molecule has 1 fully saturated rings. The molecule has 0 atom stereocenters. The van der Waals surface area contributed by atoms with E-state index in [2.05, 4.69) is 10.3 Å². The van der Waals surface area contributed by atoms with Crippen molar-refractivity contribution in [2.24, 2.45) is 16.1 Å². The van der Waals surface area contributed by atoms with Gasteiger partial charge in [-0.25, -0.2) is 0 Å². The van der Waals surface area contributed by atoms with E-state index in [4.69, 9.17) is 5.73 Å². The summed E-state index contributed by atoms with van der Waals surface area (Å²) in [6.45, 7) is 0.945. The largest absolute Gasteiger partial charge is 0.396 e. The van der Waals surface area contributed by atoms with Gasteiger partial charge in [0.15, 0.2) is 5.96 Å².